The summed E-state index contributed by atoms with van der Waals surface area (Å²) in [5.74, 6) is 0.152. The first-order chi connectivity index (χ1) is 7.45. The molecule has 0 N–H and O–H groups in total. The largest absolute Gasteiger partial charge is 0.229 e. The maximum absolute atomic E-state index is 11.4. The predicted octanol–water partition coefficient (Wildman–Crippen LogP) is 2.38. The minimum Gasteiger partial charge on any atom is -0.229 e. The lowest BCUT2D eigenvalue weighted by molar-refractivity contribution is 0.454. The van der Waals surface area contributed by atoms with Crippen LogP contribution in [0.25, 0.3) is 0 Å². The van der Waals surface area contributed by atoms with Crippen LogP contribution in [0, 0.1) is 16.7 Å². The van der Waals surface area contributed by atoms with Gasteiger partial charge in [0.25, 0.3) is 0 Å². The molecule has 0 amide bonds. The lowest BCUT2D eigenvalue weighted by Gasteiger charge is -2.16. The van der Waals surface area contributed by atoms with Crippen molar-refractivity contribution in [2.24, 2.45) is 5.41 Å². The SMILES string of the molecule is N#CC1(Cc2cc(Br)cs2)CCS(=O)(=O)C1. The average Bonchev–Trinajstić information content (AvgIpc) is 2.72. The van der Waals surface area contributed by atoms with E-state index in [0.717, 1.165) is 9.35 Å². The van der Waals surface area contributed by atoms with Crippen LogP contribution in [0.3, 0.4) is 0 Å². The summed E-state index contributed by atoms with van der Waals surface area (Å²) in [7, 11) is -3.01. The molecule has 1 saturated heterocycles. The second-order valence-corrected chi connectivity index (χ2v) is 8.24. The summed E-state index contributed by atoms with van der Waals surface area (Å²) < 4.78 is 23.9. The smallest absolute Gasteiger partial charge is 0.151 e. The van der Waals surface area contributed by atoms with Crippen LogP contribution in [0.15, 0.2) is 15.9 Å². The standard InChI is InChI=1S/C10H10BrNO2S2/c11-8-3-9(15-5-8)4-10(6-12)1-2-16(13,14)7-10/h3,5H,1-2,4,7H2. The van der Waals surface area contributed by atoms with Crippen molar-refractivity contribution in [1.29, 1.82) is 5.26 Å². The van der Waals surface area contributed by atoms with E-state index in [1.54, 1.807) is 11.3 Å². The normalized spacial score (nSPS) is 27.8. The molecule has 0 spiro atoms. The first-order valence-corrected chi connectivity index (χ1v) is 8.29. The number of hydrogen-bond donors (Lipinski definition) is 0. The highest BCUT2D eigenvalue weighted by atomic mass is 79.9. The molecular weight excluding hydrogens is 310 g/mol. The van der Waals surface area contributed by atoms with Crippen molar-refractivity contribution >= 4 is 37.1 Å². The zero-order valence-corrected chi connectivity index (χ0v) is 11.7. The number of rotatable bonds is 2. The third-order valence-corrected chi connectivity index (χ3v) is 6.28. The number of sulfone groups is 1. The monoisotopic (exact) mass is 319 g/mol. The Labute approximate surface area is 107 Å². The van der Waals surface area contributed by atoms with Crippen LogP contribution in [0.5, 0.6) is 0 Å². The Kier molecular flexibility index (Phi) is 3.12. The minimum atomic E-state index is -3.01. The zero-order valence-electron chi connectivity index (χ0n) is 8.44. The molecule has 2 rings (SSSR count). The van der Waals surface area contributed by atoms with E-state index in [1.807, 2.05) is 11.4 Å². The van der Waals surface area contributed by atoms with Crippen LogP contribution in [0.2, 0.25) is 0 Å². The quantitative estimate of drug-likeness (QED) is 0.841. The fourth-order valence-electron chi connectivity index (χ4n) is 1.96. The van der Waals surface area contributed by atoms with Crippen LogP contribution < -0.4 is 0 Å². The Morgan fingerprint density at radius 1 is 1.62 bits per heavy atom. The zero-order chi connectivity index (χ0) is 11.8. The molecule has 86 valence electrons. The molecule has 0 aliphatic carbocycles. The van der Waals surface area contributed by atoms with E-state index in [1.165, 1.54) is 0 Å². The maximum Gasteiger partial charge on any atom is 0.151 e. The third kappa shape index (κ3) is 2.47. The second kappa shape index (κ2) is 4.13. The maximum atomic E-state index is 11.4. The summed E-state index contributed by atoms with van der Waals surface area (Å²) in [6.07, 6.45) is 1.00. The molecule has 0 bridgehead atoms. The van der Waals surface area contributed by atoms with Gasteiger partial charge in [-0.1, -0.05) is 0 Å². The fourth-order valence-corrected chi connectivity index (χ4v) is 5.56. The molecule has 1 aliphatic rings. The predicted molar refractivity (Wildman–Crippen MR) is 67.0 cm³/mol. The summed E-state index contributed by atoms with van der Waals surface area (Å²) in [4.78, 5) is 1.06. The Morgan fingerprint density at radius 2 is 2.38 bits per heavy atom. The molecule has 0 radical (unpaired) electrons. The van der Waals surface area contributed by atoms with Gasteiger partial charge in [-0.15, -0.1) is 11.3 Å². The molecular formula is C10H10BrNO2S2. The van der Waals surface area contributed by atoms with Crippen LogP contribution in [-0.4, -0.2) is 19.9 Å². The first kappa shape index (κ1) is 12.1. The van der Waals surface area contributed by atoms with Gasteiger partial charge in [-0.3, -0.25) is 0 Å². The van der Waals surface area contributed by atoms with Gasteiger partial charge in [0.1, 0.15) is 0 Å². The van der Waals surface area contributed by atoms with E-state index in [0.29, 0.717) is 12.8 Å². The molecule has 1 fully saturated rings. The van der Waals surface area contributed by atoms with Crippen molar-refractivity contribution in [1.82, 2.24) is 0 Å². The van der Waals surface area contributed by atoms with Crippen LogP contribution in [0.4, 0.5) is 0 Å². The van der Waals surface area contributed by atoms with E-state index in [-0.39, 0.29) is 11.5 Å². The van der Waals surface area contributed by atoms with E-state index in [9.17, 15) is 13.7 Å². The molecule has 1 aliphatic heterocycles. The number of thiophene rings is 1. The van der Waals surface area contributed by atoms with Crippen molar-refractivity contribution < 1.29 is 8.42 Å². The fraction of sp³-hybridized carbons (Fsp3) is 0.500. The highest BCUT2D eigenvalue weighted by Gasteiger charge is 2.42. The molecule has 1 unspecified atom stereocenters. The van der Waals surface area contributed by atoms with Gasteiger partial charge in [0.15, 0.2) is 9.84 Å². The van der Waals surface area contributed by atoms with Gasteiger partial charge in [-0.25, -0.2) is 8.42 Å². The summed E-state index contributed by atoms with van der Waals surface area (Å²) in [6.45, 7) is 0. The van der Waals surface area contributed by atoms with Crippen LogP contribution in [0.1, 0.15) is 11.3 Å². The number of nitrogens with zero attached hydrogens (tertiary/aromatic N) is 1. The summed E-state index contributed by atoms with van der Waals surface area (Å²) in [5, 5.41) is 11.1. The van der Waals surface area contributed by atoms with E-state index in [2.05, 4.69) is 22.0 Å². The molecule has 0 aromatic carbocycles. The van der Waals surface area contributed by atoms with E-state index >= 15 is 0 Å². The second-order valence-electron chi connectivity index (χ2n) is 4.14. The van der Waals surface area contributed by atoms with Crippen LogP contribution >= 0.6 is 27.3 Å². The topological polar surface area (TPSA) is 57.9 Å². The third-order valence-electron chi connectivity index (χ3n) is 2.76. The Morgan fingerprint density at radius 3 is 2.81 bits per heavy atom. The lowest BCUT2D eigenvalue weighted by Crippen LogP contribution is -2.22. The molecule has 6 heteroatoms. The number of halogens is 1. The first-order valence-electron chi connectivity index (χ1n) is 4.79. The van der Waals surface area contributed by atoms with Crippen molar-refractivity contribution in [3.05, 3.63) is 20.8 Å². The number of nitriles is 1. The highest BCUT2D eigenvalue weighted by Crippen LogP contribution is 2.37. The number of hydrogen-bond acceptors (Lipinski definition) is 4. The van der Waals surface area contributed by atoms with Crippen molar-refractivity contribution in [3.63, 3.8) is 0 Å². The van der Waals surface area contributed by atoms with Crippen molar-refractivity contribution in [2.45, 2.75) is 12.8 Å². The Balaban J connectivity index is 2.22. The van der Waals surface area contributed by atoms with Gasteiger partial charge in [-0.2, -0.15) is 5.26 Å². The summed E-state index contributed by atoms with van der Waals surface area (Å²) in [5.41, 5.74) is -0.705. The summed E-state index contributed by atoms with van der Waals surface area (Å²) >= 11 is 4.91. The summed E-state index contributed by atoms with van der Waals surface area (Å²) in [6, 6.07) is 4.16. The molecule has 1 atom stereocenters. The van der Waals surface area contributed by atoms with Gasteiger partial charge in [0.05, 0.1) is 23.0 Å². The van der Waals surface area contributed by atoms with Gasteiger partial charge >= 0.3 is 0 Å². The van der Waals surface area contributed by atoms with Gasteiger partial charge in [0.2, 0.25) is 0 Å². The van der Waals surface area contributed by atoms with E-state index < -0.39 is 15.3 Å². The van der Waals surface area contributed by atoms with E-state index in [4.69, 9.17) is 0 Å². The molecule has 1 aromatic rings. The Bertz CT molecular complexity index is 543. The average molecular weight is 320 g/mol. The minimum absolute atomic E-state index is 0.00597. The molecule has 2 heterocycles. The van der Waals surface area contributed by atoms with Gasteiger partial charge in [0, 0.05) is 21.2 Å². The molecule has 16 heavy (non-hydrogen) atoms. The van der Waals surface area contributed by atoms with Crippen LogP contribution in [-0.2, 0) is 16.3 Å². The van der Waals surface area contributed by atoms with Gasteiger partial charge in [-0.05, 0) is 28.4 Å². The molecule has 0 saturated carbocycles. The molecule has 3 nitrogen and oxygen atoms in total. The van der Waals surface area contributed by atoms with Gasteiger partial charge < -0.3 is 0 Å². The Hall–Kier alpha value is -0.380. The molecule has 1 aromatic heterocycles. The lowest BCUT2D eigenvalue weighted by atomic mass is 9.85. The van der Waals surface area contributed by atoms with Crippen molar-refractivity contribution in [3.8, 4) is 6.07 Å². The van der Waals surface area contributed by atoms with Crippen molar-refractivity contribution in [2.75, 3.05) is 11.5 Å². The highest BCUT2D eigenvalue weighted by molar-refractivity contribution is 9.10.